The van der Waals surface area contributed by atoms with Crippen LogP contribution in [0, 0.1) is 5.82 Å². The lowest BCUT2D eigenvalue weighted by Gasteiger charge is -2.39. The second kappa shape index (κ2) is 6.92. The average Bonchev–Trinajstić information content (AvgIpc) is 2.57. The first kappa shape index (κ1) is 15.7. The van der Waals surface area contributed by atoms with Gasteiger partial charge < -0.3 is 4.90 Å². The number of carbonyl (C=O) groups excluding carboxylic acids is 1. The van der Waals surface area contributed by atoms with Gasteiger partial charge in [0, 0.05) is 19.6 Å². The summed E-state index contributed by atoms with van der Waals surface area (Å²) in [5.41, 5.74) is 2.08. The quantitative estimate of drug-likeness (QED) is 0.870. The number of likely N-dealkylation sites (N-methyl/N-ethyl adjacent to an activating group) is 1. The molecule has 0 saturated carbocycles. The van der Waals surface area contributed by atoms with Gasteiger partial charge >= 0.3 is 0 Å². The molecule has 3 rings (SSSR count). The molecule has 1 atom stereocenters. The van der Waals surface area contributed by atoms with E-state index in [0.29, 0.717) is 13.0 Å². The zero-order valence-corrected chi connectivity index (χ0v) is 13.3. The lowest BCUT2D eigenvalue weighted by molar-refractivity contribution is -0.133. The van der Waals surface area contributed by atoms with Crippen LogP contribution in [0.3, 0.4) is 0 Å². The molecule has 0 bridgehead atoms. The highest BCUT2D eigenvalue weighted by molar-refractivity contribution is 5.79. The Kier molecular flexibility index (Phi) is 4.72. The van der Waals surface area contributed by atoms with Crippen LogP contribution in [-0.2, 0) is 11.2 Å². The summed E-state index contributed by atoms with van der Waals surface area (Å²) in [5.74, 6) is -0.0827. The third-order valence-electron chi connectivity index (χ3n) is 4.45. The van der Waals surface area contributed by atoms with Crippen LogP contribution in [-0.4, -0.2) is 42.4 Å². The first-order valence-electron chi connectivity index (χ1n) is 7.91. The van der Waals surface area contributed by atoms with Gasteiger partial charge in [-0.2, -0.15) is 0 Å². The van der Waals surface area contributed by atoms with Gasteiger partial charge in [-0.05, 0) is 30.3 Å². The van der Waals surface area contributed by atoms with Crippen molar-refractivity contribution in [2.24, 2.45) is 0 Å². The zero-order valence-electron chi connectivity index (χ0n) is 13.3. The molecule has 2 aromatic carbocycles. The van der Waals surface area contributed by atoms with Crippen molar-refractivity contribution in [3.05, 3.63) is 71.5 Å². The summed E-state index contributed by atoms with van der Waals surface area (Å²) in [6.07, 6.45) is 0.431. The molecule has 2 aromatic rings. The van der Waals surface area contributed by atoms with Crippen LogP contribution >= 0.6 is 0 Å². The summed E-state index contributed by atoms with van der Waals surface area (Å²) in [6.45, 7) is 2.20. The smallest absolute Gasteiger partial charge is 0.227 e. The number of benzene rings is 2. The third kappa shape index (κ3) is 3.77. The van der Waals surface area contributed by atoms with E-state index in [-0.39, 0.29) is 17.8 Å². The van der Waals surface area contributed by atoms with Crippen LogP contribution in [0.15, 0.2) is 54.6 Å². The molecule has 1 heterocycles. The molecule has 4 heteroatoms. The van der Waals surface area contributed by atoms with E-state index in [1.54, 1.807) is 0 Å². The number of nitrogens with zero attached hydrogens (tertiary/aromatic N) is 2. The Morgan fingerprint density at radius 3 is 2.48 bits per heavy atom. The maximum absolute atomic E-state index is 13.1. The van der Waals surface area contributed by atoms with Crippen molar-refractivity contribution in [2.45, 2.75) is 12.5 Å². The summed E-state index contributed by atoms with van der Waals surface area (Å²) < 4.78 is 13.1. The van der Waals surface area contributed by atoms with E-state index in [4.69, 9.17) is 0 Å². The van der Waals surface area contributed by atoms with Crippen molar-refractivity contribution in [1.29, 1.82) is 0 Å². The fourth-order valence-electron chi connectivity index (χ4n) is 3.03. The summed E-state index contributed by atoms with van der Waals surface area (Å²) in [6, 6.07) is 16.5. The van der Waals surface area contributed by atoms with Gasteiger partial charge in [0.15, 0.2) is 0 Å². The summed E-state index contributed by atoms with van der Waals surface area (Å²) in [5, 5.41) is 0. The number of hydrogen-bond donors (Lipinski definition) is 0. The van der Waals surface area contributed by atoms with Crippen molar-refractivity contribution in [2.75, 3.05) is 26.7 Å². The number of rotatable bonds is 3. The van der Waals surface area contributed by atoms with Gasteiger partial charge in [-0.15, -0.1) is 0 Å². The molecule has 0 aromatic heterocycles. The molecule has 1 fully saturated rings. The van der Waals surface area contributed by atoms with Crippen molar-refractivity contribution in [3.8, 4) is 0 Å². The zero-order chi connectivity index (χ0) is 16.2. The maximum Gasteiger partial charge on any atom is 0.227 e. The van der Waals surface area contributed by atoms with Crippen molar-refractivity contribution in [1.82, 2.24) is 9.80 Å². The van der Waals surface area contributed by atoms with Crippen LogP contribution in [0.25, 0.3) is 0 Å². The van der Waals surface area contributed by atoms with E-state index in [0.717, 1.165) is 24.2 Å². The van der Waals surface area contributed by atoms with E-state index >= 15 is 0 Å². The van der Waals surface area contributed by atoms with E-state index < -0.39 is 0 Å². The Hall–Kier alpha value is -2.20. The van der Waals surface area contributed by atoms with Crippen LogP contribution in [0.5, 0.6) is 0 Å². The first-order valence-corrected chi connectivity index (χ1v) is 7.91. The van der Waals surface area contributed by atoms with Gasteiger partial charge in [0.1, 0.15) is 5.82 Å². The lowest BCUT2D eigenvalue weighted by atomic mass is 10.0. The Labute approximate surface area is 136 Å². The average molecular weight is 312 g/mol. The van der Waals surface area contributed by atoms with Gasteiger partial charge in [-0.1, -0.05) is 42.5 Å². The minimum Gasteiger partial charge on any atom is -0.339 e. The minimum atomic E-state index is -0.232. The highest BCUT2D eigenvalue weighted by atomic mass is 19.1. The molecule has 3 nitrogen and oxygen atoms in total. The predicted octanol–water partition coefficient (Wildman–Crippen LogP) is 2.88. The van der Waals surface area contributed by atoms with E-state index in [1.165, 1.54) is 12.1 Å². The molecule has 1 aliphatic heterocycles. The summed E-state index contributed by atoms with van der Waals surface area (Å²) in [7, 11) is 2.05. The van der Waals surface area contributed by atoms with Crippen LogP contribution in [0.1, 0.15) is 17.2 Å². The van der Waals surface area contributed by atoms with Gasteiger partial charge in [-0.25, -0.2) is 4.39 Å². The van der Waals surface area contributed by atoms with Crippen molar-refractivity contribution < 1.29 is 9.18 Å². The molecular weight excluding hydrogens is 291 g/mol. The second-order valence-corrected chi connectivity index (χ2v) is 6.05. The van der Waals surface area contributed by atoms with Crippen LogP contribution < -0.4 is 0 Å². The Morgan fingerprint density at radius 1 is 1.09 bits per heavy atom. The predicted molar refractivity (Wildman–Crippen MR) is 88.5 cm³/mol. The van der Waals surface area contributed by atoms with Gasteiger partial charge in [0.2, 0.25) is 5.91 Å². The highest BCUT2D eigenvalue weighted by Gasteiger charge is 2.28. The molecule has 1 aliphatic rings. The standard InChI is InChI=1S/C19H21FN2O/c1-21-11-12-22(19(23)13-15-5-3-2-4-6-15)14-18(21)16-7-9-17(20)10-8-16/h2-10,18H,11-14H2,1H3. The Morgan fingerprint density at radius 2 is 1.78 bits per heavy atom. The summed E-state index contributed by atoms with van der Waals surface area (Å²) in [4.78, 5) is 16.7. The molecule has 0 N–H and O–H groups in total. The number of halogens is 1. The van der Waals surface area contributed by atoms with Crippen LogP contribution in [0.4, 0.5) is 4.39 Å². The first-order chi connectivity index (χ1) is 11.1. The normalized spacial score (nSPS) is 18.9. The molecule has 23 heavy (non-hydrogen) atoms. The number of amides is 1. The number of carbonyl (C=O) groups is 1. The molecule has 1 unspecified atom stereocenters. The fourth-order valence-corrected chi connectivity index (χ4v) is 3.03. The molecule has 0 aliphatic carbocycles. The van der Waals surface area contributed by atoms with Crippen molar-refractivity contribution in [3.63, 3.8) is 0 Å². The topological polar surface area (TPSA) is 23.6 Å². The molecule has 0 radical (unpaired) electrons. The number of hydrogen-bond acceptors (Lipinski definition) is 2. The van der Waals surface area contributed by atoms with Crippen LogP contribution in [0.2, 0.25) is 0 Å². The van der Waals surface area contributed by atoms with Gasteiger partial charge in [0.25, 0.3) is 0 Å². The minimum absolute atomic E-state index is 0.115. The maximum atomic E-state index is 13.1. The summed E-state index contributed by atoms with van der Waals surface area (Å²) >= 11 is 0. The molecule has 1 saturated heterocycles. The van der Waals surface area contributed by atoms with Gasteiger partial charge in [-0.3, -0.25) is 9.69 Å². The molecule has 120 valence electrons. The molecule has 1 amide bonds. The monoisotopic (exact) mass is 312 g/mol. The molecular formula is C19H21FN2O. The van der Waals surface area contributed by atoms with Crippen molar-refractivity contribution >= 4 is 5.91 Å². The Bertz CT molecular complexity index is 657. The highest BCUT2D eigenvalue weighted by Crippen LogP contribution is 2.24. The number of piperazine rings is 1. The second-order valence-electron chi connectivity index (χ2n) is 6.05. The van der Waals surface area contributed by atoms with E-state index in [1.807, 2.05) is 54.4 Å². The SMILES string of the molecule is CN1CCN(C(=O)Cc2ccccc2)CC1c1ccc(F)cc1. The van der Waals surface area contributed by atoms with E-state index in [2.05, 4.69) is 4.90 Å². The fraction of sp³-hybridized carbons (Fsp3) is 0.316. The lowest BCUT2D eigenvalue weighted by Crippen LogP contribution is -2.49. The largest absolute Gasteiger partial charge is 0.339 e. The molecule has 0 spiro atoms. The third-order valence-corrected chi connectivity index (χ3v) is 4.45. The van der Waals surface area contributed by atoms with E-state index in [9.17, 15) is 9.18 Å². The Balaban J connectivity index is 1.70. The van der Waals surface area contributed by atoms with Gasteiger partial charge in [0.05, 0.1) is 12.5 Å².